The molecule has 0 saturated carbocycles. The smallest absolute Gasteiger partial charge is 0.116 e. The molecule has 0 rings (SSSR count). The Kier molecular flexibility index (Phi) is 155. The second-order valence-corrected chi connectivity index (χ2v) is 0.943. The third kappa shape index (κ3) is 882. The van der Waals surface area contributed by atoms with Crippen molar-refractivity contribution in [3.63, 3.8) is 0 Å². The largest absolute Gasteiger partial charge is 0.333 e. The van der Waals surface area contributed by atoms with Crippen LogP contribution in [0.4, 0.5) is 0 Å². The third-order valence-corrected chi connectivity index (χ3v) is 0. The molecule has 52 valence electrons. The molecule has 0 aliphatic carbocycles. The fraction of sp³-hybridized carbons (Fsp3) is 0.833. The fourth-order valence-corrected chi connectivity index (χ4v) is 0. The van der Waals surface area contributed by atoms with Gasteiger partial charge in [0.2, 0.25) is 0 Å². The van der Waals surface area contributed by atoms with Crippen molar-refractivity contribution in [1.29, 1.82) is 0 Å². The van der Waals surface area contributed by atoms with Gasteiger partial charge in [0.05, 0.1) is 0 Å². The molecule has 0 spiro atoms. The Balaban J connectivity index is -0.0000000483. The Morgan fingerprint density at radius 1 is 1.38 bits per heavy atom. The molecule has 2 nitrogen and oxygen atoms in total. The molecule has 0 radical (unpaired) electrons. The second kappa shape index (κ2) is 79.1. The molecule has 0 amide bonds. The SMILES string of the molecule is CC=O.CCC.CN. The molecule has 2 heteroatoms. The van der Waals surface area contributed by atoms with Gasteiger partial charge in [-0.1, -0.05) is 20.3 Å². The van der Waals surface area contributed by atoms with E-state index in [4.69, 9.17) is 4.79 Å². The highest BCUT2D eigenvalue weighted by Crippen LogP contribution is 1.56. The molecule has 8 heavy (non-hydrogen) atoms. The topological polar surface area (TPSA) is 43.1 Å². The van der Waals surface area contributed by atoms with E-state index in [1.165, 1.54) is 20.4 Å². The Labute approximate surface area is 52.1 Å². The van der Waals surface area contributed by atoms with E-state index in [-0.39, 0.29) is 0 Å². The molecule has 0 heterocycles. The zero-order chi connectivity index (χ0) is 7.41. The van der Waals surface area contributed by atoms with Crippen molar-refractivity contribution in [1.82, 2.24) is 0 Å². The quantitative estimate of drug-likeness (QED) is 0.487. The van der Waals surface area contributed by atoms with Crippen LogP contribution in [0.15, 0.2) is 0 Å². The predicted molar refractivity (Wildman–Crippen MR) is 37.8 cm³/mol. The molecule has 0 bridgehead atoms. The van der Waals surface area contributed by atoms with Gasteiger partial charge >= 0.3 is 0 Å². The number of hydrogen-bond acceptors (Lipinski definition) is 2. The maximum atomic E-state index is 8.81. The first-order chi connectivity index (χ1) is 3.83. The van der Waals surface area contributed by atoms with Crippen molar-refractivity contribution in [3.8, 4) is 0 Å². The van der Waals surface area contributed by atoms with Gasteiger partial charge in [-0.05, 0) is 14.0 Å². The average Bonchev–Trinajstić information content (AvgIpc) is 1.75. The third-order valence-electron chi connectivity index (χ3n) is 0. The minimum absolute atomic E-state index is 0.750. The van der Waals surface area contributed by atoms with Crippen molar-refractivity contribution in [2.24, 2.45) is 5.73 Å². The maximum Gasteiger partial charge on any atom is 0.116 e. The van der Waals surface area contributed by atoms with Crippen LogP contribution >= 0.6 is 0 Å². The van der Waals surface area contributed by atoms with Crippen LogP contribution in [0.2, 0.25) is 0 Å². The van der Waals surface area contributed by atoms with Gasteiger partial charge in [0.25, 0.3) is 0 Å². The molecule has 0 saturated heterocycles. The minimum Gasteiger partial charge on any atom is -0.333 e. The normalized spacial score (nSPS) is 4.62. The first kappa shape index (κ1) is 15.6. The highest BCUT2D eigenvalue weighted by atomic mass is 16.1. The van der Waals surface area contributed by atoms with Crippen LogP contribution in [0.1, 0.15) is 27.2 Å². The van der Waals surface area contributed by atoms with Gasteiger partial charge in [-0.15, -0.1) is 0 Å². The molecular formula is C6H17NO. The van der Waals surface area contributed by atoms with Gasteiger partial charge in [0.1, 0.15) is 6.29 Å². The summed E-state index contributed by atoms with van der Waals surface area (Å²) in [5, 5.41) is 0. The number of aldehydes is 1. The lowest BCUT2D eigenvalue weighted by Gasteiger charge is -1.48. The van der Waals surface area contributed by atoms with E-state index in [1.54, 1.807) is 0 Å². The first-order valence-electron chi connectivity index (χ1n) is 2.80. The van der Waals surface area contributed by atoms with Crippen LogP contribution in [-0.4, -0.2) is 13.3 Å². The van der Waals surface area contributed by atoms with Crippen molar-refractivity contribution < 1.29 is 4.79 Å². The molecule has 0 aromatic heterocycles. The van der Waals surface area contributed by atoms with Crippen LogP contribution < -0.4 is 5.73 Å². The zero-order valence-corrected chi connectivity index (χ0v) is 6.27. The van der Waals surface area contributed by atoms with Crippen LogP contribution in [0.5, 0.6) is 0 Å². The number of carbonyl (C=O) groups is 1. The van der Waals surface area contributed by atoms with Crippen molar-refractivity contribution in [2.45, 2.75) is 27.2 Å². The monoisotopic (exact) mass is 119 g/mol. The van der Waals surface area contributed by atoms with E-state index in [0.29, 0.717) is 0 Å². The first-order valence-corrected chi connectivity index (χ1v) is 2.80. The lowest BCUT2D eigenvalue weighted by atomic mass is 10.6. The minimum atomic E-state index is 0.750. The van der Waals surface area contributed by atoms with Gasteiger partial charge in [0, 0.05) is 0 Å². The van der Waals surface area contributed by atoms with Gasteiger partial charge in [0.15, 0.2) is 0 Å². The summed E-state index contributed by atoms with van der Waals surface area (Å²) in [7, 11) is 1.50. The maximum absolute atomic E-state index is 8.81. The Morgan fingerprint density at radius 2 is 1.38 bits per heavy atom. The van der Waals surface area contributed by atoms with Gasteiger partial charge in [-0.3, -0.25) is 0 Å². The summed E-state index contributed by atoms with van der Waals surface area (Å²) in [6, 6.07) is 0. The number of nitrogens with two attached hydrogens (primary N) is 1. The van der Waals surface area contributed by atoms with E-state index in [1.807, 2.05) is 0 Å². The van der Waals surface area contributed by atoms with Crippen LogP contribution in [0.3, 0.4) is 0 Å². The second-order valence-electron chi connectivity index (χ2n) is 0.943. The van der Waals surface area contributed by atoms with Crippen molar-refractivity contribution in [3.05, 3.63) is 0 Å². The lowest BCUT2D eigenvalue weighted by molar-refractivity contribution is -0.106. The molecule has 0 aromatic carbocycles. The molecule has 0 aromatic rings. The summed E-state index contributed by atoms with van der Waals surface area (Å²) < 4.78 is 0. The summed E-state index contributed by atoms with van der Waals surface area (Å²) >= 11 is 0. The predicted octanol–water partition coefficient (Wildman–Crippen LogP) is 1.20. The van der Waals surface area contributed by atoms with E-state index < -0.39 is 0 Å². The Bertz CT molecular complexity index is 22.5. The van der Waals surface area contributed by atoms with Crippen molar-refractivity contribution >= 4 is 6.29 Å². The van der Waals surface area contributed by atoms with E-state index in [0.717, 1.165) is 6.29 Å². The standard InChI is InChI=1S/C3H8.C2H4O.CH5N/c1-3-2;1-2-3;1-2/h3H2,1-2H3;2H,1H3;2H2,1H3. The van der Waals surface area contributed by atoms with E-state index >= 15 is 0 Å². The van der Waals surface area contributed by atoms with E-state index in [9.17, 15) is 0 Å². The van der Waals surface area contributed by atoms with Gasteiger partial charge in [-0.25, -0.2) is 0 Å². The summed E-state index contributed by atoms with van der Waals surface area (Å²) in [5.41, 5.74) is 4.50. The fourth-order valence-electron chi connectivity index (χ4n) is 0. The summed E-state index contributed by atoms with van der Waals surface area (Å²) in [6.07, 6.45) is 2.00. The Hall–Kier alpha value is -0.370. The molecule has 0 fully saturated rings. The molecular weight excluding hydrogens is 102 g/mol. The molecule has 0 aliphatic rings. The Morgan fingerprint density at radius 3 is 1.38 bits per heavy atom. The van der Waals surface area contributed by atoms with Crippen LogP contribution in [0.25, 0.3) is 0 Å². The molecule has 2 N–H and O–H groups in total. The number of hydrogen-bond donors (Lipinski definition) is 1. The summed E-state index contributed by atoms with van der Waals surface area (Å²) in [4.78, 5) is 8.81. The van der Waals surface area contributed by atoms with Crippen LogP contribution in [-0.2, 0) is 4.79 Å². The molecule has 0 atom stereocenters. The van der Waals surface area contributed by atoms with Crippen molar-refractivity contribution in [2.75, 3.05) is 7.05 Å². The number of carbonyl (C=O) groups excluding carboxylic acids is 1. The summed E-state index contributed by atoms with van der Waals surface area (Å²) in [6.45, 7) is 5.69. The molecule has 0 aliphatic heterocycles. The van der Waals surface area contributed by atoms with E-state index in [2.05, 4.69) is 19.6 Å². The van der Waals surface area contributed by atoms with Gasteiger partial charge < -0.3 is 10.5 Å². The highest BCUT2D eigenvalue weighted by molar-refractivity contribution is 5.44. The lowest BCUT2D eigenvalue weighted by Crippen LogP contribution is -1.69. The molecule has 0 unspecified atom stereocenters. The van der Waals surface area contributed by atoms with Gasteiger partial charge in [-0.2, -0.15) is 0 Å². The average molecular weight is 119 g/mol. The summed E-state index contributed by atoms with van der Waals surface area (Å²) in [5.74, 6) is 0. The highest BCUT2D eigenvalue weighted by Gasteiger charge is 1.35. The number of rotatable bonds is 0. The zero-order valence-electron chi connectivity index (χ0n) is 6.27. The van der Waals surface area contributed by atoms with Crippen LogP contribution in [0, 0.1) is 0 Å².